The molecule has 0 bridgehead atoms. The van der Waals surface area contributed by atoms with Crippen LogP contribution in [0.1, 0.15) is 28.8 Å². The number of carboxylic acids is 1. The van der Waals surface area contributed by atoms with Crippen LogP contribution in [0.25, 0.3) is 0 Å². The minimum absolute atomic E-state index is 0.310. The molecule has 104 valence electrons. The van der Waals surface area contributed by atoms with Crippen molar-refractivity contribution in [3.8, 4) is 0 Å². The average molecular weight is 328 g/mol. The summed E-state index contributed by atoms with van der Waals surface area (Å²) < 4.78 is 6.22. The summed E-state index contributed by atoms with van der Waals surface area (Å²) in [6.45, 7) is 2.47. The Bertz CT molecular complexity index is 458. The molecule has 0 aromatic heterocycles. The number of halogens is 1. The van der Waals surface area contributed by atoms with Crippen LogP contribution in [0.3, 0.4) is 0 Å². The van der Waals surface area contributed by atoms with Crippen molar-refractivity contribution in [3.63, 3.8) is 0 Å². The number of nitrogens with zero attached hydrogens (tertiary/aromatic N) is 1. The van der Waals surface area contributed by atoms with Gasteiger partial charge in [-0.3, -0.25) is 4.90 Å². The van der Waals surface area contributed by atoms with E-state index in [1.165, 1.54) is 0 Å². The zero-order valence-corrected chi connectivity index (χ0v) is 12.5. The van der Waals surface area contributed by atoms with Gasteiger partial charge in [0.2, 0.25) is 0 Å². The van der Waals surface area contributed by atoms with E-state index in [9.17, 15) is 4.79 Å². The number of aromatic carboxylic acids is 1. The first-order valence-electron chi connectivity index (χ1n) is 6.37. The Morgan fingerprint density at radius 3 is 2.74 bits per heavy atom. The molecule has 1 aromatic rings. The highest BCUT2D eigenvalue weighted by Crippen LogP contribution is 2.22. The first-order valence-corrected chi connectivity index (χ1v) is 7.17. The molecule has 0 amide bonds. The van der Waals surface area contributed by atoms with Gasteiger partial charge < -0.3 is 9.84 Å². The van der Waals surface area contributed by atoms with Crippen molar-refractivity contribution in [1.82, 2.24) is 4.90 Å². The zero-order valence-electron chi connectivity index (χ0n) is 10.9. The Kier molecular flexibility index (Phi) is 4.96. The van der Waals surface area contributed by atoms with E-state index in [0.29, 0.717) is 11.6 Å². The number of carbonyl (C=O) groups is 1. The maximum absolute atomic E-state index is 10.9. The third kappa shape index (κ3) is 3.78. The van der Waals surface area contributed by atoms with E-state index in [2.05, 4.69) is 27.9 Å². The largest absolute Gasteiger partial charge is 0.478 e. The number of carboxylic acid groups (broad SMARTS) is 1. The van der Waals surface area contributed by atoms with Crippen LogP contribution in [0, 0.1) is 0 Å². The van der Waals surface area contributed by atoms with Crippen LogP contribution in [0.15, 0.2) is 22.7 Å². The molecule has 5 heteroatoms. The molecule has 1 aliphatic rings. The molecule has 4 nitrogen and oxygen atoms in total. The van der Waals surface area contributed by atoms with Gasteiger partial charge in [-0.15, -0.1) is 0 Å². The highest BCUT2D eigenvalue weighted by Gasteiger charge is 2.19. The topological polar surface area (TPSA) is 49.8 Å². The van der Waals surface area contributed by atoms with Gasteiger partial charge in [-0.05, 0) is 37.6 Å². The second-order valence-electron chi connectivity index (χ2n) is 4.87. The van der Waals surface area contributed by atoms with Crippen LogP contribution in [-0.2, 0) is 11.3 Å². The third-order valence-corrected chi connectivity index (χ3v) is 4.27. The summed E-state index contributed by atoms with van der Waals surface area (Å²) in [4.78, 5) is 13.2. The molecule has 0 saturated carbocycles. The molecule has 19 heavy (non-hydrogen) atoms. The SMILES string of the molecule is CN(Cc1ccc(C(=O)O)cc1Br)C1CCOCC1. The Morgan fingerprint density at radius 2 is 2.16 bits per heavy atom. The molecule has 0 spiro atoms. The smallest absolute Gasteiger partial charge is 0.335 e. The Balaban J connectivity index is 2.03. The van der Waals surface area contributed by atoms with Gasteiger partial charge in [0.15, 0.2) is 0 Å². The van der Waals surface area contributed by atoms with Crippen molar-refractivity contribution in [2.24, 2.45) is 0 Å². The predicted molar refractivity (Wildman–Crippen MR) is 76.4 cm³/mol. The molecule has 1 heterocycles. The second-order valence-corrected chi connectivity index (χ2v) is 5.72. The molecule has 1 saturated heterocycles. The summed E-state index contributed by atoms with van der Waals surface area (Å²) in [6.07, 6.45) is 2.11. The molecular weight excluding hydrogens is 310 g/mol. The lowest BCUT2D eigenvalue weighted by molar-refractivity contribution is 0.0406. The number of hydrogen-bond donors (Lipinski definition) is 1. The van der Waals surface area contributed by atoms with Gasteiger partial charge in [-0.25, -0.2) is 4.79 Å². The van der Waals surface area contributed by atoms with E-state index >= 15 is 0 Å². The standard InChI is InChI=1S/C14H18BrNO3/c1-16(12-4-6-19-7-5-12)9-11-3-2-10(14(17)18)8-13(11)15/h2-3,8,12H,4-7,9H2,1H3,(H,17,18). The lowest BCUT2D eigenvalue weighted by Crippen LogP contribution is -2.36. The van der Waals surface area contributed by atoms with Gasteiger partial charge in [0.25, 0.3) is 0 Å². The summed E-state index contributed by atoms with van der Waals surface area (Å²) in [5.74, 6) is -0.898. The van der Waals surface area contributed by atoms with Gasteiger partial charge in [0, 0.05) is 30.3 Å². The van der Waals surface area contributed by atoms with Gasteiger partial charge in [0.05, 0.1) is 5.56 Å². The molecule has 0 unspecified atom stereocenters. The monoisotopic (exact) mass is 327 g/mol. The predicted octanol–water partition coefficient (Wildman–Crippen LogP) is 2.76. The normalized spacial score (nSPS) is 16.8. The first kappa shape index (κ1) is 14.5. The first-order chi connectivity index (χ1) is 9.08. The highest BCUT2D eigenvalue weighted by molar-refractivity contribution is 9.10. The average Bonchev–Trinajstić information content (AvgIpc) is 2.41. The number of rotatable bonds is 4. The van der Waals surface area contributed by atoms with E-state index in [0.717, 1.165) is 42.6 Å². The molecule has 1 aromatic carbocycles. The van der Waals surface area contributed by atoms with Crippen molar-refractivity contribution >= 4 is 21.9 Å². The molecule has 1 fully saturated rings. The fraction of sp³-hybridized carbons (Fsp3) is 0.500. The van der Waals surface area contributed by atoms with Crippen LogP contribution >= 0.6 is 15.9 Å². The lowest BCUT2D eigenvalue weighted by atomic mass is 10.1. The fourth-order valence-electron chi connectivity index (χ4n) is 2.33. The molecule has 1 aliphatic heterocycles. The van der Waals surface area contributed by atoms with Crippen LogP contribution in [0.2, 0.25) is 0 Å². The van der Waals surface area contributed by atoms with E-state index in [-0.39, 0.29) is 0 Å². The van der Waals surface area contributed by atoms with Crippen LogP contribution in [0.4, 0.5) is 0 Å². The zero-order chi connectivity index (χ0) is 13.8. The Morgan fingerprint density at radius 1 is 1.47 bits per heavy atom. The maximum Gasteiger partial charge on any atom is 0.335 e. The second kappa shape index (κ2) is 6.50. The summed E-state index contributed by atoms with van der Waals surface area (Å²) in [5, 5.41) is 8.94. The van der Waals surface area contributed by atoms with Gasteiger partial charge in [-0.1, -0.05) is 22.0 Å². The van der Waals surface area contributed by atoms with Crippen molar-refractivity contribution in [2.45, 2.75) is 25.4 Å². The van der Waals surface area contributed by atoms with Crippen molar-refractivity contribution in [2.75, 3.05) is 20.3 Å². The minimum Gasteiger partial charge on any atom is -0.478 e. The molecular formula is C14H18BrNO3. The third-order valence-electron chi connectivity index (χ3n) is 3.53. The van der Waals surface area contributed by atoms with Gasteiger partial charge in [0.1, 0.15) is 0 Å². The summed E-state index contributed by atoms with van der Waals surface area (Å²) in [6, 6.07) is 5.74. The number of ether oxygens (including phenoxy) is 1. The van der Waals surface area contributed by atoms with Crippen LogP contribution in [0.5, 0.6) is 0 Å². The van der Waals surface area contributed by atoms with Gasteiger partial charge >= 0.3 is 5.97 Å². The highest BCUT2D eigenvalue weighted by atomic mass is 79.9. The Hall–Kier alpha value is -0.910. The number of benzene rings is 1. The summed E-state index contributed by atoms with van der Waals surface area (Å²) in [7, 11) is 2.10. The summed E-state index contributed by atoms with van der Waals surface area (Å²) in [5.41, 5.74) is 1.42. The lowest BCUT2D eigenvalue weighted by Gasteiger charge is -2.31. The van der Waals surface area contributed by atoms with E-state index in [4.69, 9.17) is 9.84 Å². The van der Waals surface area contributed by atoms with E-state index in [1.54, 1.807) is 12.1 Å². The quantitative estimate of drug-likeness (QED) is 0.923. The van der Waals surface area contributed by atoms with Gasteiger partial charge in [-0.2, -0.15) is 0 Å². The van der Waals surface area contributed by atoms with Crippen molar-refractivity contribution in [1.29, 1.82) is 0 Å². The van der Waals surface area contributed by atoms with Crippen molar-refractivity contribution in [3.05, 3.63) is 33.8 Å². The van der Waals surface area contributed by atoms with Crippen LogP contribution in [-0.4, -0.2) is 42.3 Å². The van der Waals surface area contributed by atoms with E-state index in [1.807, 2.05) is 6.07 Å². The van der Waals surface area contributed by atoms with E-state index < -0.39 is 5.97 Å². The van der Waals surface area contributed by atoms with Crippen LogP contribution < -0.4 is 0 Å². The Labute approximate surface area is 121 Å². The maximum atomic E-state index is 10.9. The minimum atomic E-state index is -0.898. The summed E-state index contributed by atoms with van der Waals surface area (Å²) >= 11 is 3.45. The molecule has 0 aliphatic carbocycles. The fourth-order valence-corrected chi connectivity index (χ4v) is 2.84. The molecule has 0 radical (unpaired) electrons. The molecule has 2 rings (SSSR count). The molecule has 1 N–H and O–H groups in total. The number of hydrogen-bond acceptors (Lipinski definition) is 3. The molecule has 0 atom stereocenters. The van der Waals surface area contributed by atoms with Crippen molar-refractivity contribution < 1.29 is 14.6 Å².